The van der Waals surface area contributed by atoms with Gasteiger partial charge in [-0.3, -0.25) is 19.8 Å². The summed E-state index contributed by atoms with van der Waals surface area (Å²) >= 11 is 3.39. The molecule has 3 amide bonds. The summed E-state index contributed by atoms with van der Waals surface area (Å²) in [6, 6.07) is 17.4. The maximum absolute atomic E-state index is 13.2. The lowest BCUT2D eigenvalue weighted by molar-refractivity contribution is -0.133. The molecule has 172 valence electrons. The van der Waals surface area contributed by atoms with Crippen LogP contribution < -0.4 is 16.1 Å². The van der Waals surface area contributed by atoms with Crippen LogP contribution in [0.2, 0.25) is 0 Å². The van der Waals surface area contributed by atoms with Crippen LogP contribution in [0.4, 0.5) is 15.8 Å². The molecule has 0 bridgehead atoms. The molecule has 9 heteroatoms. The molecule has 0 aliphatic heterocycles. The molecule has 0 unspecified atom stereocenters. The minimum atomic E-state index is -0.950. The fourth-order valence-corrected chi connectivity index (χ4v) is 3.74. The monoisotopic (exact) mass is 522 g/mol. The Balaban J connectivity index is 1.61. The van der Waals surface area contributed by atoms with Crippen LogP contribution in [0.5, 0.6) is 0 Å². The highest BCUT2D eigenvalue weighted by atomic mass is 79.9. The summed E-state index contributed by atoms with van der Waals surface area (Å²) in [7, 11) is 0. The molecular formula is C25H20BrFN4O3. The molecule has 1 heterocycles. The zero-order valence-electron chi connectivity index (χ0n) is 18.3. The second-order valence-corrected chi connectivity index (χ2v) is 8.64. The number of nitrogens with one attached hydrogen (secondary N) is 3. The van der Waals surface area contributed by atoms with E-state index in [1.807, 2.05) is 19.9 Å². The molecular weight excluding hydrogens is 503 g/mol. The van der Waals surface area contributed by atoms with E-state index >= 15 is 0 Å². The Morgan fingerprint density at radius 2 is 1.50 bits per heavy atom. The van der Waals surface area contributed by atoms with Gasteiger partial charge in [0.25, 0.3) is 5.91 Å². The van der Waals surface area contributed by atoms with E-state index in [0.29, 0.717) is 22.3 Å². The van der Waals surface area contributed by atoms with E-state index in [4.69, 9.17) is 0 Å². The summed E-state index contributed by atoms with van der Waals surface area (Å²) in [6.07, 6.45) is 0. The maximum Gasteiger partial charge on any atom is 0.328 e. The van der Waals surface area contributed by atoms with E-state index < -0.39 is 23.5 Å². The second kappa shape index (κ2) is 9.48. The van der Waals surface area contributed by atoms with Crippen LogP contribution in [-0.4, -0.2) is 22.4 Å². The van der Waals surface area contributed by atoms with Crippen molar-refractivity contribution in [2.45, 2.75) is 13.8 Å². The summed E-state index contributed by atoms with van der Waals surface area (Å²) in [5.74, 6) is -2.81. The zero-order chi connectivity index (χ0) is 24.4. The summed E-state index contributed by atoms with van der Waals surface area (Å²) in [4.78, 5) is 38.3. The van der Waals surface area contributed by atoms with E-state index in [9.17, 15) is 18.8 Å². The van der Waals surface area contributed by atoms with Gasteiger partial charge >= 0.3 is 11.8 Å². The maximum atomic E-state index is 13.2. The second-order valence-electron chi connectivity index (χ2n) is 7.72. The molecule has 0 aliphatic rings. The van der Waals surface area contributed by atoms with E-state index in [2.05, 4.69) is 32.0 Å². The number of aromatic nitrogens is 1. The Bertz CT molecular complexity index is 1430. The van der Waals surface area contributed by atoms with Crippen molar-refractivity contribution in [1.82, 2.24) is 4.68 Å². The van der Waals surface area contributed by atoms with Gasteiger partial charge in [-0.2, -0.15) is 0 Å². The lowest BCUT2D eigenvalue weighted by Gasteiger charge is -2.13. The van der Waals surface area contributed by atoms with E-state index in [-0.39, 0.29) is 5.69 Å². The van der Waals surface area contributed by atoms with Crippen molar-refractivity contribution in [2.24, 2.45) is 0 Å². The molecule has 3 aromatic carbocycles. The van der Waals surface area contributed by atoms with Crippen LogP contribution in [0.3, 0.4) is 0 Å². The standard InChI is InChI=1S/C25H20BrFN4O3/c1-14-3-7-20(11-15(14)2)29-24(33)25(34)30-31-21-10-4-17(26)12-16(21)13-22(31)23(32)28-19-8-5-18(27)6-9-19/h3-13H,1-2H3,(H,28,32)(H,29,33)(H,30,34). The first-order valence-electron chi connectivity index (χ1n) is 10.3. The van der Waals surface area contributed by atoms with Crippen molar-refractivity contribution < 1.29 is 18.8 Å². The Hall–Kier alpha value is -3.98. The minimum absolute atomic E-state index is 0.0877. The highest BCUT2D eigenvalue weighted by molar-refractivity contribution is 9.10. The number of aryl methyl sites for hydroxylation is 2. The molecule has 0 aliphatic carbocycles. The highest BCUT2D eigenvalue weighted by Crippen LogP contribution is 2.24. The highest BCUT2D eigenvalue weighted by Gasteiger charge is 2.21. The smallest absolute Gasteiger partial charge is 0.321 e. The Kier molecular flexibility index (Phi) is 6.47. The average Bonchev–Trinajstić information content (AvgIpc) is 3.15. The number of halogens is 2. The van der Waals surface area contributed by atoms with Gasteiger partial charge in [-0.05, 0) is 85.6 Å². The molecule has 7 nitrogen and oxygen atoms in total. The molecule has 0 saturated carbocycles. The van der Waals surface area contributed by atoms with Crippen LogP contribution in [0.1, 0.15) is 21.6 Å². The van der Waals surface area contributed by atoms with Crippen LogP contribution >= 0.6 is 15.9 Å². The predicted octanol–water partition coefficient (Wildman–Crippen LogP) is 5.12. The van der Waals surface area contributed by atoms with Crippen molar-refractivity contribution >= 4 is 55.9 Å². The molecule has 0 radical (unpaired) electrons. The number of anilines is 2. The van der Waals surface area contributed by atoms with Crippen LogP contribution in [0.15, 0.2) is 71.2 Å². The van der Waals surface area contributed by atoms with Gasteiger partial charge in [0, 0.05) is 21.2 Å². The first-order chi connectivity index (χ1) is 16.2. The van der Waals surface area contributed by atoms with Gasteiger partial charge in [-0.1, -0.05) is 22.0 Å². The predicted molar refractivity (Wildman–Crippen MR) is 133 cm³/mol. The number of amides is 3. The normalized spacial score (nSPS) is 10.7. The molecule has 4 rings (SSSR count). The van der Waals surface area contributed by atoms with Crippen LogP contribution in [0, 0.1) is 19.7 Å². The number of benzene rings is 3. The molecule has 0 spiro atoms. The van der Waals surface area contributed by atoms with Crippen LogP contribution in [-0.2, 0) is 9.59 Å². The largest absolute Gasteiger partial charge is 0.328 e. The summed E-state index contributed by atoms with van der Waals surface area (Å²) in [5.41, 5.74) is 6.00. The zero-order valence-corrected chi connectivity index (χ0v) is 19.9. The lowest BCUT2D eigenvalue weighted by Crippen LogP contribution is -2.36. The van der Waals surface area contributed by atoms with Gasteiger partial charge in [0.15, 0.2) is 0 Å². The number of hydrogen-bond donors (Lipinski definition) is 3. The first-order valence-corrected chi connectivity index (χ1v) is 11.1. The SMILES string of the molecule is Cc1ccc(NC(=O)C(=O)Nn2c(C(=O)Nc3ccc(F)cc3)cc3cc(Br)ccc32)cc1C. The van der Waals surface area contributed by atoms with Gasteiger partial charge in [-0.15, -0.1) is 0 Å². The third kappa shape index (κ3) is 4.99. The Morgan fingerprint density at radius 1 is 0.794 bits per heavy atom. The van der Waals surface area contributed by atoms with E-state index in [1.54, 1.807) is 36.4 Å². The van der Waals surface area contributed by atoms with Gasteiger partial charge < -0.3 is 10.6 Å². The van der Waals surface area contributed by atoms with Crippen molar-refractivity contribution in [3.8, 4) is 0 Å². The van der Waals surface area contributed by atoms with Gasteiger partial charge in [0.05, 0.1) is 5.52 Å². The Labute approximate surface area is 203 Å². The van der Waals surface area contributed by atoms with Crippen molar-refractivity contribution in [3.63, 3.8) is 0 Å². The fourth-order valence-electron chi connectivity index (χ4n) is 3.36. The molecule has 4 aromatic rings. The van der Waals surface area contributed by atoms with Crippen LogP contribution in [0.25, 0.3) is 10.9 Å². The van der Waals surface area contributed by atoms with E-state index in [0.717, 1.165) is 15.6 Å². The quantitative estimate of drug-likeness (QED) is 0.325. The number of fused-ring (bicyclic) bond motifs is 1. The van der Waals surface area contributed by atoms with Crippen molar-refractivity contribution in [2.75, 3.05) is 16.1 Å². The lowest BCUT2D eigenvalue weighted by atomic mass is 10.1. The third-order valence-electron chi connectivity index (χ3n) is 5.28. The number of carbonyl (C=O) groups is 3. The molecule has 0 atom stereocenters. The summed E-state index contributed by atoms with van der Waals surface area (Å²) in [5, 5.41) is 5.89. The molecule has 3 N–H and O–H groups in total. The minimum Gasteiger partial charge on any atom is -0.321 e. The van der Waals surface area contributed by atoms with Gasteiger partial charge in [0.1, 0.15) is 11.5 Å². The van der Waals surface area contributed by atoms with Crippen molar-refractivity contribution in [1.29, 1.82) is 0 Å². The van der Waals surface area contributed by atoms with Gasteiger partial charge in [-0.25, -0.2) is 9.07 Å². The first kappa shape index (κ1) is 23.2. The molecule has 1 aromatic heterocycles. The molecule has 34 heavy (non-hydrogen) atoms. The summed E-state index contributed by atoms with van der Waals surface area (Å²) in [6.45, 7) is 3.85. The fraction of sp³-hybridized carbons (Fsp3) is 0.0800. The number of rotatable bonds is 4. The topological polar surface area (TPSA) is 92.2 Å². The number of nitrogens with zero attached hydrogens (tertiary/aromatic N) is 1. The average molecular weight is 523 g/mol. The number of hydrogen-bond acceptors (Lipinski definition) is 3. The summed E-state index contributed by atoms with van der Waals surface area (Å²) < 4.78 is 15.2. The third-order valence-corrected chi connectivity index (χ3v) is 5.78. The Morgan fingerprint density at radius 3 is 2.21 bits per heavy atom. The molecule has 0 fully saturated rings. The van der Waals surface area contributed by atoms with Gasteiger partial charge in [0.2, 0.25) is 0 Å². The molecule has 0 saturated heterocycles. The number of carbonyl (C=O) groups excluding carboxylic acids is 3. The van der Waals surface area contributed by atoms with Crippen molar-refractivity contribution in [3.05, 3.63) is 93.8 Å². The van der Waals surface area contributed by atoms with E-state index in [1.165, 1.54) is 28.9 Å².